The Morgan fingerprint density at radius 2 is 2.00 bits per heavy atom. The second-order valence-corrected chi connectivity index (χ2v) is 5.46. The van der Waals surface area contributed by atoms with Gasteiger partial charge in [-0.2, -0.15) is 18.3 Å². The highest BCUT2D eigenvalue weighted by atomic mass is 19.4. The van der Waals surface area contributed by atoms with E-state index in [1.807, 2.05) is 0 Å². The van der Waals surface area contributed by atoms with Crippen molar-refractivity contribution >= 4 is 16.8 Å². The lowest BCUT2D eigenvalue weighted by atomic mass is 9.99. The normalized spacial score (nSPS) is 11.7. The van der Waals surface area contributed by atoms with Gasteiger partial charge in [0.15, 0.2) is 0 Å². The summed E-state index contributed by atoms with van der Waals surface area (Å²) in [7, 11) is 0. The number of carbonyl (C=O) groups is 1. The van der Waals surface area contributed by atoms with Crippen LogP contribution in [0.25, 0.3) is 22.0 Å². The van der Waals surface area contributed by atoms with E-state index in [0.29, 0.717) is 5.39 Å². The molecule has 0 aliphatic heterocycles. The second kappa shape index (κ2) is 6.64. The van der Waals surface area contributed by atoms with Gasteiger partial charge in [-0.15, -0.1) is 0 Å². The molecule has 0 saturated carbocycles. The smallest absolute Gasteiger partial charge is 0.395 e. The van der Waals surface area contributed by atoms with E-state index in [-0.39, 0.29) is 35.4 Å². The first kappa shape index (κ1) is 17.7. The first-order valence-electron chi connectivity index (χ1n) is 7.47. The first-order valence-corrected chi connectivity index (χ1v) is 7.47. The van der Waals surface area contributed by atoms with Gasteiger partial charge in [0.25, 0.3) is 11.5 Å². The van der Waals surface area contributed by atoms with Gasteiger partial charge in [0, 0.05) is 23.7 Å². The Bertz CT molecular complexity index is 1020. The predicted molar refractivity (Wildman–Crippen MR) is 86.6 cm³/mol. The maximum Gasteiger partial charge on any atom is 0.416 e. The van der Waals surface area contributed by atoms with Crippen molar-refractivity contribution in [2.45, 2.75) is 6.18 Å². The summed E-state index contributed by atoms with van der Waals surface area (Å²) in [4.78, 5) is 26.5. The van der Waals surface area contributed by atoms with Crippen molar-refractivity contribution in [1.29, 1.82) is 0 Å². The lowest BCUT2D eigenvalue weighted by Gasteiger charge is -2.11. The molecule has 2 aromatic heterocycles. The average molecular weight is 366 g/mol. The van der Waals surface area contributed by atoms with E-state index in [1.165, 1.54) is 12.3 Å². The highest BCUT2D eigenvalue weighted by Crippen LogP contribution is 2.35. The van der Waals surface area contributed by atoms with E-state index in [4.69, 9.17) is 5.11 Å². The van der Waals surface area contributed by atoms with Crippen LogP contribution in [0.2, 0.25) is 0 Å². The Kier molecular flexibility index (Phi) is 4.51. The molecule has 0 spiro atoms. The molecule has 0 radical (unpaired) electrons. The van der Waals surface area contributed by atoms with Crippen LogP contribution in [0.1, 0.15) is 15.9 Å². The first-order chi connectivity index (χ1) is 12.3. The second-order valence-electron chi connectivity index (χ2n) is 5.46. The number of nitrogens with zero attached hydrogens (tertiary/aromatic N) is 1. The van der Waals surface area contributed by atoms with Gasteiger partial charge in [0.1, 0.15) is 0 Å². The molecule has 0 bridgehead atoms. The molecule has 2 heterocycles. The SMILES string of the molecule is O=C(NCCO)c1c[nH]c(=O)c(-c2cc(C(F)(F)F)cc3[nH]ncc23)c1. The third kappa shape index (κ3) is 3.31. The predicted octanol–water partition coefficient (Wildman–Crippen LogP) is 1.66. The summed E-state index contributed by atoms with van der Waals surface area (Å²) in [6.45, 7) is -0.270. The van der Waals surface area contributed by atoms with Crippen LogP contribution >= 0.6 is 0 Å². The average Bonchev–Trinajstić information content (AvgIpc) is 3.07. The van der Waals surface area contributed by atoms with Crippen molar-refractivity contribution in [3.63, 3.8) is 0 Å². The number of amides is 1. The van der Waals surface area contributed by atoms with E-state index in [2.05, 4.69) is 20.5 Å². The maximum absolute atomic E-state index is 13.2. The Morgan fingerprint density at radius 3 is 2.69 bits per heavy atom. The highest BCUT2D eigenvalue weighted by Gasteiger charge is 2.32. The van der Waals surface area contributed by atoms with E-state index < -0.39 is 23.2 Å². The molecule has 0 fully saturated rings. The molecule has 10 heteroatoms. The summed E-state index contributed by atoms with van der Waals surface area (Å²) in [6.07, 6.45) is -2.15. The number of aromatic amines is 2. The zero-order valence-electron chi connectivity index (χ0n) is 13.1. The number of pyridine rings is 1. The number of aliphatic hydroxyl groups excluding tert-OH is 1. The molecule has 4 N–H and O–H groups in total. The van der Waals surface area contributed by atoms with Crippen molar-refractivity contribution in [2.75, 3.05) is 13.2 Å². The summed E-state index contributed by atoms with van der Waals surface area (Å²) >= 11 is 0. The fraction of sp³-hybridized carbons (Fsp3) is 0.188. The minimum absolute atomic E-state index is 0.00151. The Balaban J connectivity index is 2.18. The van der Waals surface area contributed by atoms with E-state index in [0.717, 1.165) is 18.3 Å². The van der Waals surface area contributed by atoms with Crippen LogP contribution in [0.5, 0.6) is 0 Å². The number of rotatable bonds is 4. The van der Waals surface area contributed by atoms with Crippen molar-refractivity contribution in [1.82, 2.24) is 20.5 Å². The number of hydrogen-bond donors (Lipinski definition) is 4. The molecule has 0 unspecified atom stereocenters. The van der Waals surface area contributed by atoms with Crippen molar-refractivity contribution in [3.05, 3.63) is 52.1 Å². The zero-order chi connectivity index (χ0) is 18.9. The lowest BCUT2D eigenvalue weighted by Crippen LogP contribution is -2.27. The Hall–Kier alpha value is -3.14. The fourth-order valence-electron chi connectivity index (χ4n) is 2.52. The molecular formula is C16H13F3N4O3. The van der Waals surface area contributed by atoms with E-state index in [1.54, 1.807) is 0 Å². The van der Waals surface area contributed by atoms with Crippen LogP contribution < -0.4 is 10.9 Å². The number of aromatic nitrogens is 3. The third-order valence-corrected chi connectivity index (χ3v) is 3.74. The molecule has 3 aromatic rings. The van der Waals surface area contributed by atoms with Gasteiger partial charge in [-0.25, -0.2) is 0 Å². The molecular weight excluding hydrogens is 353 g/mol. The van der Waals surface area contributed by atoms with Crippen LogP contribution in [0, 0.1) is 0 Å². The minimum atomic E-state index is -4.61. The molecule has 0 saturated heterocycles. The van der Waals surface area contributed by atoms with Crippen molar-refractivity contribution in [2.24, 2.45) is 0 Å². The van der Waals surface area contributed by atoms with Gasteiger partial charge >= 0.3 is 6.18 Å². The molecule has 1 amide bonds. The van der Waals surface area contributed by atoms with Crippen LogP contribution in [-0.2, 0) is 6.18 Å². The number of nitrogens with one attached hydrogen (secondary N) is 3. The van der Waals surface area contributed by atoms with Gasteiger partial charge in [-0.05, 0) is 23.8 Å². The maximum atomic E-state index is 13.2. The van der Waals surface area contributed by atoms with Crippen molar-refractivity contribution < 1.29 is 23.1 Å². The van der Waals surface area contributed by atoms with Crippen LogP contribution in [0.15, 0.2) is 35.4 Å². The number of benzene rings is 1. The quantitative estimate of drug-likeness (QED) is 0.563. The monoisotopic (exact) mass is 366 g/mol. The fourth-order valence-corrected chi connectivity index (χ4v) is 2.52. The topological polar surface area (TPSA) is 111 Å². The van der Waals surface area contributed by atoms with Gasteiger partial charge in [-0.3, -0.25) is 14.7 Å². The number of halogens is 3. The molecule has 3 rings (SSSR count). The minimum Gasteiger partial charge on any atom is -0.395 e. The number of aliphatic hydroxyl groups is 1. The molecule has 26 heavy (non-hydrogen) atoms. The van der Waals surface area contributed by atoms with Crippen molar-refractivity contribution in [3.8, 4) is 11.1 Å². The summed E-state index contributed by atoms with van der Waals surface area (Å²) in [6, 6.07) is 2.95. The molecule has 0 aliphatic carbocycles. The number of H-pyrrole nitrogens is 2. The third-order valence-electron chi connectivity index (χ3n) is 3.74. The molecule has 136 valence electrons. The zero-order valence-corrected chi connectivity index (χ0v) is 13.1. The number of fused-ring (bicyclic) bond motifs is 1. The van der Waals surface area contributed by atoms with Gasteiger partial charge in [0.05, 0.1) is 29.4 Å². The van der Waals surface area contributed by atoms with Crippen LogP contribution in [0.3, 0.4) is 0 Å². The lowest BCUT2D eigenvalue weighted by molar-refractivity contribution is -0.137. The highest BCUT2D eigenvalue weighted by molar-refractivity contribution is 5.98. The Morgan fingerprint density at radius 1 is 1.23 bits per heavy atom. The molecule has 0 aliphatic rings. The summed E-state index contributed by atoms with van der Waals surface area (Å²) in [5.74, 6) is -0.577. The summed E-state index contributed by atoms with van der Waals surface area (Å²) in [5.41, 5.74) is -1.53. The standard InChI is InChI=1S/C16H13F3N4O3/c17-16(18,19)9-4-10(12-7-22-23-13(12)5-9)11-3-8(6-21-15(11)26)14(25)20-1-2-24/h3-7,24H,1-2H2,(H,20,25)(H,21,26)(H,22,23). The number of carbonyl (C=O) groups excluding carboxylic acids is 1. The number of hydrogen-bond acceptors (Lipinski definition) is 4. The van der Waals surface area contributed by atoms with Gasteiger partial charge < -0.3 is 15.4 Å². The Labute approximate surface area is 143 Å². The molecule has 7 nitrogen and oxygen atoms in total. The largest absolute Gasteiger partial charge is 0.416 e. The van der Waals surface area contributed by atoms with Gasteiger partial charge in [-0.1, -0.05) is 0 Å². The van der Waals surface area contributed by atoms with E-state index >= 15 is 0 Å². The van der Waals surface area contributed by atoms with Crippen LogP contribution in [0.4, 0.5) is 13.2 Å². The molecule has 1 aromatic carbocycles. The number of alkyl halides is 3. The molecule has 0 atom stereocenters. The summed E-state index contributed by atoms with van der Waals surface area (Å²) < 4.78 is 39.5. The van der Waals surface area contributed by atoms with Gasteiger partial charge in [0.2, 0.25) is 0 Å². The van der Waals surface area contributed by atoms with E-state index in [9.17, 15) is 22.8 Å². The van der Waals surface area contributed by atoms with Crippen LogP contribution in [-0.4, -0.2) is 39.3 Å². The summed E-state index contributed by atoms with van der Waals surface area (Å²) in [5, 5.41) is 17.7.